The van der Waals surface area contributed by atoms with Crippen molar-refractivity contribution in [2.45, 2.75) is 39.2 Å². The minimum absolute atomic E-state index is 0.118. The molecule has 7 nitrogen and oxygen atoms in total. The Morgan fingerprint density at radius 3 is 2.78 bits per heavy atom. The summed E-state index contributed by atoms with van der Waals surface area (Å²) in [5, 5.41) is 3.20. The number of hydrogen-bond donors (Lipinski definition) is 1. The topological polar surface area (TPSA) is 82.6 Å². The summed E-state index contributed by atoms with van der Waals surface area (Å²) < 4.78 is 0. The van der Waals surface area contributed by atoms with E-state index in [9.17, 15) is 14.4 Å². The number of benzene rings is 1. The van der Waals surface area contributed by atoms with Crippen LogP contribution in [-0.4, -0.2) is 60.2 Å². The average Bonchev–Trinajstić information content (AvgIpc) is 3.05. The molecule has 7 heteroatoms. The van der Waals surface area contributed by atoms with Crippen molar-refractivity contribution in [2.24, 2.45) is 5.92 Å². The van der Waals surface area contributed by atoms with E-state index in [0.717, 1.165) is 30.5 Å². The molecule has 4 rings (SSSR count). The zero-order valence-corrected chi connectivity index (χ0v) is 18.9. The molecule has 2 aromatic rings. The molecule has 1 fully saturated rings. The first-order valence-corrected chi connectivity index (χ1v) is 11.3. The highest BCUT2D eigenvalue weighted by Gasteiger charge is 2.39. The third-order valence-electron chi connectivity index (χ3n) is 6.54. The molecule has 1 aromatic carbocycles. The van der Waals surface area contributed by atoms with Crippen molar-refractivity contribution in [2.75, 3.05) is 31.6 Å². The minimum atomic E-state index is -0.575. The van der Waals surface area contributed by atoms with Gasteiger partial charge in [0.2, 0.25) is 17.6 Å². The Morgan fingerprint density at radius 2 is 2.03 bits per heavy atom. The van der Waals surface area contributed by atoms with E-state index < -0.39 is 6.04 Å². The number of pyridine rings is 1. The van der Waals surface area contributed by atoms with Crippen LogP contribution in [0.5, 0.6) is 0 Å². The predicted octanol–water partition coefficient (Wildman–Crippen LogP) is 2.69. The van der Waals surface area contributed by atoms with E-state index >= 15 is 0 Å². The molecular weight excluding hydrogens is 404 g/mol. The largest absolute Gasteiger partial charge is 0.346 e. The average molecular weight is 435 g/mol. The number of nitrogens with zero attached hydrogens (tertiary/aromatic N) is 3. The van der Waals surface area contributed by atoms with Gasteiger partial charge in [-0.3, -0.25) is 24.3 Å². The molecule has 1 N–H and O–H groups in total. The van der Waals surface area contributed by atoms with Crippen LogP contribution in [0.4, 0.5) is 5.69 Å². The lowest BCUT2D eigenvalue weighted by Crippen LogP contribution is -2.45. The number of Topliss-reactive ketones (excluding diaryl/α,β-unsaturated/α-hetero) is 1. The van der Waals surface area contributed by atoms with E-state index in [4.69, 9.17) is 0 Å². The molecule has 0 bridgehead atoms. The number of carbonyl (C=O) groups is 3. The second-order valence-corrected chi connectivity index (χ2v) is 8.75. The van der Waals surface area contributed by atoms with Gasteiger partial charge in [0.25, 0.3) is 0 Å². The van der Waals surface area contributed by atoms with E-state index in [1.807, 2.05) is 25.2 Å². The van der Waals surface area contributed by atoms with Gasteiger partial charge in [-0.1, -0.05) is 31.2 Å². The van der Waals surface area contributed by atoms with Crippen molar-refractivity contribution in [1.82, 2.24) is 15.2 Å². The van der Waals surface area contributed by atoms with Gasteiger partial charge in [-0.15, -0.1) is 0 Å². The second kappa shape index (κ2) is 9.20. The van der Waals surface area contributed by atoms with Crippen molar-refractivity contribution in [3.63, 3.8) is 0 Å². The number of carbonyl (C=O) groups excluding carboxylic acids is 3. The number of fused-ring (bicyclic) bond motifs is 1. The maximum Gasteiger partial charge on any atom is 0.241 e. The molecule has 2 amide bonds. The number of aryl methyl sites for hydroxylation is 1. The van der Waals surface area contributed by atoms with Crippen molar-refractivity contribution >= 4 is 23.3 Å². The third kappa shape index (κ3) is 4.30. The van der Waals surface area contributed by atoms with Gasteiger partial charge >= 0.3 is 0 Å². The van der Waals surface area contributed by atoms with Gasteiger partial charge in [-0.05, 0) is 49.4 Å². The van der Waals surface area contributed by atoms with Crippen LogP contribution >= 0.6 is 0 Å². The van der Waals surface area contributed by atoms with Crippen LogP contribution in [0.2, 0.25) is 0 Å². The van der Waals surface area contributed by atoms with E-state index in [1.165, 1.54) is 5.56 Å². The normalized spacial score (nSPS) is 20.6. The summed E-state index contributed by atoms with van der Waals surface area (Å²) in [6.45, 7) is 5.33. The number of piperidine rings is 1. The van der Waals surface area contributed by atoms with Crippen LogP contribution in [0.25, 0.3) is 11.1 Å². The molecule has 1 saturated heterocycles. The van der Waals surface area contributed by atoms with Crippen molar-refractivity contribution < 1.29 is 14.4 Å². The minimum Gasteiger partial charge on any atom is -0.346 e. The number of hydrogen-bond acceptors (Lipinski definition) is 5. The summed E-state index contributed by atoms with van der Waals surface area (Å²) >= 11 is 0. The molecule has 0 aliphatic carbocycles. The third-order valence-corrected chi connectivity index (χ3v) is 6.54. The van der Waals surface area contributed by atoms with Crippen LogP contribution in [0.1, 0.15) is 42.7 Å². The maximum absolute atomic E-state index is 13.1. The van der Waals surface area contributed by atoms with Crippen molar-refractivity contribution in [3.8, 4) is 11.1 Å². The highest BCUT2D eigenvalue weighted by molar-refractivity contribution is 6.17. The van der Waals surface area contributed by atoms with Gasteiger partial charge in [0.1, 0.15) is 5.69 Å². The highest BCUT2D eigenvalue weighted by atomic mass is 16.2. The quantitative estimate of drug-likeness (QED) is 0.756. The molecule has 0 spiro atoms. The first-order valence-electron chi connectivity index (χ1n) is 11.3. The SMILES string of the molecule is CCc1cccc(-c2cnc3c(c2)N(C(=O)CNCC2CCN(C)C(=O)C2)C(C)C3=O)c1. The predicted molar refractivity (Wildman–Crippen MR) is 124 cm³/mol. The smallest absolute Gasteiger partial charge is 0.241 e. The van der Waals surface area contributed by atoms with Crippen LogP contribution in [0, 0.1) is 5.92 Å². The molecule has 2 aliphatic rings. The van der Waals surface area contributed by atoms with Crippen LogP contribution in [-0.2, 0) is 16.0 Å². The monoisotopic (exact) mass is 434 g/mol. The lowest BCUT2D eigenvalue weighted by atomic mass is 9.96. The van der Waals surface area contributed by atoms with Gasteiger partial charge in [0, 0.05) is 31.8 Å². The van der Waals surface area contributed by atoms with Gasteiger partial charge in [-0.25, -0.2) is 0 Å². The van der Waals surface area contributed by atoms with E-state index in [0.29, 0.717) is 24.3 Å². The van der Waals surface area contributed by atoms with E-state index in [1.54, 1.807) is 22.9 Å². The Bertz CT molecular complexity index is 1050. The number of anilines is 1. The number of aromatic nitrogens is 1. The molecule has 2 atom stereocenters. The fourth-order valence-electron chi connectivity index (χ4n) is 4.48. The number of nitrogens with one attached hydrogen (secondary N) is 1. The summed E-state index contributed by atoms with van der Waals surface area (Å²) in [5.74, 6) is 0.0802. The zero-order chi connectivity index (χ0) is 22.8. The van der Waals surface area contributed by atoms with Gasteiger partial charge < -0.3 is 10.2 Å². The van der Waals surface area contributed by atoms with Crippen LogP contribution < -0.4 is 10.2 Å². The fourth-order valence-corrected chi connectivity index (χ4v) is 4.48. The lowest BCUT2D eigenvalue weighted by Gasteiger charge is -2.29. The summed E-state index contributed by atoms with van der Waals surface area (Å²) in [5.41, 5.74) is 4.04. The lowest BCUT2D eigenvalue weighted by molar-refractivity contribution is -0.133. The summed E-state index contributed by atoms with van der Waals surface area (Å²) in [6.07, 6.45) is 4.07. The summed E-state index contributed by atoms with van der Waals surface area (Å²) in [6, 6.07) is 9.53. The van der Waals surface area contributed by atoms with Gasteiger partial charge in [0.05, 0.1) is 18.3 Å². The molecule has 2 unspecified atom stereocenters. The molecule has 168 valence electrons. The Labute approximate surface area is 188 Å². The van der Waals surface area contributed by atoms with Crippen molar-refractivity contribution in [1.29, 1.82) is 0 Å². The standard InChI is InChI=1S/C25H30N4O3/c1-4-17-6-5-7-19(10-17)20-12-21-24(27-14-20)25(32)16(2)29(21)23(31)15-26-13-18-8-9-28(3)22(30)11-18/h5-7,10,12,14,16,18,26H,4,8-9,11,13,15H2,1-3H3. The number of amides is 2. The molecule has 1 aromatic heterocycles. The fraction of sp³-hybridized carbons (Fsp3) is 0.440. The Balaban J connectivity index is 1.48. The van der Waals surface area contributed by atoms with Crippen LogP contribution in [0.15, 0.2) is 36.5 Å². The molecule has 0 saturated carbocycles. The molecule has 0 radical (unpaired) electrons. The summed E-state index contributed by atoms with van der Waals surface area (Å²) in [4.78, 5) is 45.4. The van der Waals surface area contributed by atoms with Crippen molar-refractivity contribution in [3.05, 3.63) is 47.8 Å². The van der Waals surface area contributed by atoms with Crippen LogP contribution in [0.3, 0.4) is 0 Å². The summed E-state index contributed by atoms with van der Waals surface area (Å²) in [7, 11) is 1.82. The van der Waals surface area contributed by atoms with E-state index in [2.05, 4.69) is 29.4 Å². The Kier molecular flexibility index (Phi) is 6.37. The van der Waals surface area contributed by atoms with Gasteiger partial charge in [0.15, 0.2) is 0 Å². The molecule has 3 heterocycles. The molecule has 32 heavy (non-hydrogen) atoms. The van der Waals surface area contributed by atoms with E-state index in [-0.39, 0.29) is 30.1 Å². The first-order chi connectivity index (χ1) is 15.4. The number of likely N-dealkylation sites (tertiary alicyclic amines) is 1. The zero-order valence-electron chi connectivity index (χ0n) is 18.9. The number of ketones is 1. The first kappa shape index (κ1) is 22.1. The maximum atomic E-state index is 13.1. The second-order valence-electron chi connectivity index (χ2n) is 8.75. The molecule has 2 aliphatic heterocycles. The van der Waals surface area contributed by atoms with Gasteiger partial charge in [-0.2, -0.15) is 0 Å². The molecular formula is C25H30N4O3. The Morgan fingerprint density at radius 1 is 1.22 bits per heavy atom. The number of rotatable bonds is 6. The highest BCUT2D eigenvalue weighted by Crippen LogP contribution is 2.34. The Hall–Kier alpha value is -3.06.